The van der Waals surface area contributed by atoms with E-state index in [0.717, 1.165) is 16.3 Å². The first-order valence-corrected chi connectivity index (χ1v) is 9.42. The smallest absolute Gasteiger partial charge is 0.269 e. The summed E-state index contributed by atoms with van der Waals surface area (Å²) >= 11 is 0. The third-order valence-corrected chi connectivity index (χ3v) is 5.50. The molecule has 8 heteroatoms. The van der Waals surface area contributed by atoms with Crippen molar-refractivity contribution in [1.82, 2.24) is 4.98 Å². The number of anilines is 2. The minimum Gasteiger partial charge on any atom is -0.438 e. The number of non-ortho nitro benzene ring substituents is 1. The molecule has 1 atom stereocenters. The highest BCUT2D eigenvalue weighted by Crippen LogP contribution is 2.52. The van der Waals surface area contributed by atoms with E-state index in [0.29, 0.717) is 16.9 Å². The van der Waals surface area contributed by atoms with E-state index in [4.69, 9.17) is 16.2 Å². The van der Waals surface area contributed by atoms with Crippen molar-refractivity contribution in [1.29, 1.82) is 5.26 Å². The topological polar surface area (TPSA) is 141 Å². The van der Waals surface area contributed by atoms with Crippen molar-refractivity contribution in [3.63, 3.8) is 0 Å². The molecule has 1 aliphatic rings. The molecule has 0 saturated heterocycles. The Morgan fingerprint density at radius 1 is 1.10 bits per heavy atom. The van der Waals surface area contributed by atoms with Gasteiger partial charge in [0.05, 0.1) is 16.2 Å². The largest absolute Gasteiger partial charge is 0.438 e. The summed E-state index contributed by atoms with van der Waals surface area (Å²) in [5, 5.41) is 22.8. The molecule has 1 aromatic heterocycles. The third-order valence-electron chi connectivity index (χ3n) is 5.50. The molecule has 4 aromatic rings. The van der Waals surface area contributed by atoms with Crippen LogP contribution >= 0.6 is 0 Å². The van der Waals surface area contributed by atoms with E-state index in [1.165, 1.54) is 12.1 Å². The van der Waals surface area contributed by atoms with Gasteiger partial charge in [-0.25, -0.2) is 0 Å². The van der Waals surface area contributed by atoms with E-state index >= 15 is 0 Å². The van der Waals surface area contributed by atoms with Gasteiger partial charge in [0, 0.05) is 29.0 Å². The van der Waals surface area contributed by atoms with Crippen molar-refractivity contribution in [2.75, 3.05) is 11.5 Å². The lowest BCUT2D eigenvalue weighted by Gasteiger charge is -2.30. The zero-order valence-corrected chi connectivity index (χ0v) is 16.1. The summed E-state index contributed by atoms with van der Waals surface area (Å²) in [5.41, 5.74) is 14.3. The van der Waals surface area contributed by atoms with E-state index in [-0.39, 0.29) is 28.6 Å². The fourth-order valence-electron chi connectivity index (χ4n) is 4.11. The maximum absolute atomic E-state index is 11.4. The predicted octanol–water partition coefficient (Wildman–Crippen LogP) is 4.46. The fourth-order valence-corrected chi connectivity index (χ4v) is 4.11. The van der Waals surface area contributed by atoms with Crippen LogP contribution in [0.2, 0.25) is 0 Å². The third kappa shape index (κ3) is 2.72. The molecule has 3 aromatic carbocycles. The molecule has 1 aliphatic heterocycles. The van der Waals surface area contributed by atoms with E-state index < -0.39 is 10.8 Å². The zero-order chi connectivity index (χ0) is 21.7. The fraction of sp³-hybridized carbons (Fsp3) is 0.0435. The molecule has 0 radical (unpaired) electrons. The number of nitro benzene ring substituents is 1. The SMILES string of the molecule is N#Cc1c(N)nc2c(c1N)[C@@H](c1cccc([N+](=O)[O-])c1)c1ccc3ccccc3c1O2. The Labute approximate surface area is 176 Å². The molecule has 4 N–H and O–H groups in total. The van der Waals surface area contributed by atoms with Crippen LogP contribution in [-0.4, -0.2) is 9.91 Å². The summed E-state index contributed by atoms with van der Waals surface area (Å²) in [5.74, 6) is 0.219. The molecular weight excluding hydrogens is 394 g/mol. The van der Waals surface area contributed by atoms with Gasteiger partial charge < -0.3 is 16.2 Å². The molecule has 0 saturated carbocycles. The lowest BCUT2D eigenvalue weighted by atomic mass is 9.81. The van der Waals surface area contributed by atoms with Crippen LogP contribution in [0.3, 0.4) is 0 Å². The molecule has 8 nitrogen and oxygen atoms in total. The number of ether oxygens (including phenoxy) is 1. The number of nitrogen functional groups attached to an aromatic ring is 2. The number of nitrogens with zero attached hydrogens (tertiary/aromatic N) is 3. The Kier molecular flexibility index (Phi) is 3.98. The second-order valence-corrected chi connectivity index (χ2v) is 7.21. The van der Waals surface area contributed by atoms with Gasteiger partial charge in [0.15, 0.2) is 0 Å². The quantitative estimate of drug-likeness (QED) is 0.324. The lowest BCUT2D eigenvalue weighted by molar-refractivity contribution is -0.384. The van der Waals surface area contributed by atoms with Crippen molar-refractivity contribution in [2.24, 2.45) is 0 Å². The molecule has 2 heterocycles. The summed E-state index contributed by atoms with van der Waals surface area (Å²) in [6, 6.07) is 19.9. The Bertz CT molecular complexity index is 1440. The zero-order valence-electron chi connectivity index (χ0n) is 16.1. The van der Waals surface area contributed by atoms with E-state index in [1.807, 2.05) is 42.5 Å². The summed E-state index contributed by atoms with van der Waals surface area (Å²) in [6.45, 7) is 0. The maximum atomic E-state index is 11.4. The van der Waals surface area contributed by atoms with E-state index in [2.05, 4.69) is 4.98 Å². The number of nitrogens with two attached hydrogens (primary N) is 2. The van der Waals surface area contributed by atoms with Gasteiger partial charge in [0.2, 0.25) is 5.88 Å². The first kappa shape index (κ1) is 18.4. The second kappa shape index (κ2) is 6.71. The van der Waals surface area contributed by atoms with Crippen molar-refractivity contribution in [3.05, 3.63) is 93.0 Å². The lowest BCUT2D eigenvalue weighted by Crippen LogP contribution is -2.17. The number of fused-ring (bicyclic) bond motifs is 4. The Balaban J connectivity index is 1.87. The van der Waals surface area contributed by atoms with Crippen molar-refractivity contribution in [3.8, 4) is 17.7 Å². The van der Waals surface area contributed by atoms with Gasteiger partial charge in [-0.2, -0.15) is 10.2 Å². The molecule has 0 bridgehead atoms. The number of rotatable bonds is 2. The number of hydrogen-bond acceptors (Lipinski definition) is 7. The molecule has 0 aliphatic carbocycles. The average Bonchev–Trinajstić information content (AvgIpc) is 2.78. The van der Waals surface area contributed by atoms with Crippen LogP contribution in [0.5, 0.6) is 11.6 Å². The number of nitriles is 1. The highest BCUT2D eigenvalue weighted by Gasteiger charge is 2.35. The number of aromatic nitrogens is 1. The minimum atomic E-state index is -0.525. The monoisotopic (exact) mass is 409 g/mol. The highest BCUT2D eigenvalue weighted by atomic mass is 16.6. The van der Waals surface area contributed by atoms with Crippen LogP contribution in [-0.2, 0) is 0 Å². The summed E-state index contributed by atoms with van der Waals surface area (Å²) < 4.78 is 6.17. The molecule has 5 rings (SSSR count). The van der Waals surface area contributed by atoms with Crippen LogP contribution < -0.4 is 16.2 Å². The predicted molar refractivity (Wildman–Crippen MR) is 116 cm³/mol. The molecule has 31 heavy (non-hydrogen) atoms. The Morgan fingerprint density at radius 3 is 2.68 bits per heavy atom. The van der Waals surface area contributed by atoms with E-state index in [9.17, 15) is 15.4 Å². The highest BCUT2D eigenvalue weighted by molar-refractivity contribution is 5.92. The van der Waals surface area contributed by atoms with Gasteiger partial charge in [-0.15, -0.1) is 0 Å². The van der Waals surface area contributed by atoms with Crippen LogP contribution in [0.25, 0.3) is 10.8 Å². The van der Waals surface area contributed by atoms with Crippen LogP contribution in [0, 0.1) is 21.4 Å². The number of nitro groups is 1. The average molecular weight is 409 g/mol. The molecule has 0 spiro atoms. The maximum Gasteiger partial charge on any atom is 0.269 e. The minimum absolute atomic E-state index is 0.0276. The normalized spacial score (nSPS) is 14.2. The summed E-state index contributed by atoms with van der Waals surface area (Å²) in [4.78, 5) is 15.3. The van der Waals surface area contributed by atoms with Gasteiger partial charge in [-0.1, -0.05) is 48.5 Å². The Morgan fingerprint density at radius 2 is 1.90 bits per heavy atom. The molecule has 150 valence electrons. The second-order valence-electron chi connectivity index (χ2n) is 7.21. The molecule has 0 fully saturated rings. The van der Waals surface area contributed by atoms with Crippen molar-refractivity contribution in [2.45, 2.75) is 5.92 Å². The van der Waals surface area contributed by atoms with Crippen LogP contribution in [0.1, 0.15) is 28.2 Å². The number of pyridine rings is 1. The van der Waals surface area contributed by atoms with Gasteiger partial charge in [-0.05, 0) is 10.9 Å². The van der Waals surface area contributed by atoms with Crippen LogP contribution in [0.15, 0.2) is 60.7 Å². The van der Waals surface area contributed by atoms with Crippen molar-refractivity contribution >= 4 is 28.0 Å². The summed E-state index contributed by atoms with van der Waals surface area (Å²) in [6.07, 6.45) is 0. The number of hydrogen-bond donors (Lipinski definition) is 2. The van der Waals surface area contributed by atoms with Gasteiger partial charge >= 0.3 is 0 Å². The first-order valence-electron chi connectivity index (χ1n) is 9.42. The Hall–Kier alpha value is -4.64. The van der Waals surface area contributed by atoms with E-state index in [1.54, 1.807) is 12.1 Å². The first-order chi connectivity index (χ1) is 15.0. The van der Waals surface area contributed by atoms with Crippen molar-refractivity contribution < 1.29 is 9.66 Å². The van der Waals surface area contributed by atoms with Gasteiger partial charge in [0.25, 0.3) is 5.69 Å². The molecular formula is C23H15N5O3. The van der Waals surface area contributed by atoms with Crippen LogP contribution in [0.4, 0.5) is 17.2 Å². The summed E-state index contributed by atoms with van der Waals surface area (Å²) in [7, 11) is 0. The standard InChI is InChI=1S/C23H15N5O3/c24-11-17-20(25)19-18(13-5-3-6-14(10-13)28(29)30)16-9-8-12-4-1-2-7-15(12)21(16)31-23(19)27-22(17)26/h1-10,18H,(H4,25,26,27)/t18-/m0/s1. The number of benzene rings is 3. The van der Waals surface area contributed by atoms with Gasteiger partial charge in [-0.3, -0.25) is 10.1 Å². The molecule has 0 unspecified atom stereocenters. The van der Waals surface area contributed by atoms with Gasteiger partial charge in [0.1, 0.15) is 23.2 Å². The molecule has 0 amide bonds.